The number of halogens is 2. The van der Waals surface area contributed by atoms with Crippen LogP contribution in [-0.4, -0.2) is 4.70 Å². The van der Waals surface area contributed by atoms with Crippen molar-refractivity contribution in [1.29, 1.82) is 0 Å². The van der Waals surface area contributed by atoms with Gasteiger partial charge in [0.15, 0.2) is 0 Å². The predicted molar refractivity (Wildman–Crippen MR) is 18.2 cm³/mol. The molecule has 0 atom stereocenters. The fourth-order valence-electron chi connectivity index (χ4n) is 0. The third kappa shape index (κ3) is 35.5. The average Bonchev–Trinajstić information content (AvgIpc) is 0.811. The summed E-state index contributed by atoms with van der Waals surface area (Å²) in [6.07, 6.45) is 0. The molecule has 0 saturated carbocycles. The van der Waals surface area contributed by atoms with Gasteiger partial charge < -0.3 is 1.43 Å². The smallest absolute Gasteiger partial charge is 1.00 e. The minimum absolute atomic E-state index is 0. The van der Waals surface area contributed by atoms with E-state index in [1.54, 1.807) is 0 Å². The SMILES string of the molecule is O=C(Cl)Cl.[H-].[Na+]. The van der Waals surface area contributed by atoms with Crippen molar-refractivity contribution in [3.63, 3.8) is 0 Å². The van der Waals surface area contributed by atoms with Crippen LogP contribution in [-0.2, 0) is 0 Å². The first kappa shape index (κ1) is 9.54. The summed E-state index contributed by atoms with van der Waals surface area (Å²) in [7, 11) is 0. The Morgan fingerprint density at radius 1 is 1.60 bits per heavy atom. The number of rotatable bonds is 0. The molecule has 1 nitrogen and oxygen atoms in total. The van der Waals surface area contributed by atoms with Crippen LogP contribution < -0.4 is 29.6 Å². The molecule has 0 aromatic carbocycles. The summed E-state index contributed by atoms with van der Waals surface area (Å²) >= 11 is 8.80. The first-order chi connectivity index (χ1) is 1.73. The topological polar surface area (TPSA) is 17.1 Å². The van der Waals surface area contributed by atoms with Gasteiger partial charge in [0, 0.05) is 0 Å². The summed E-state index contributed by atoms with van der Waals surface area (Å²) in [4.78, 5) is 8.98. The van der Waals surface area contributed by atoms with Crippen LogP contribution in [0.4, 0.5) is 4.79 Å². The molecule has 0 spiro atoms. The first-order valence-electron chi connectivity index (χ1n) is 0.582. The number of hydrogen-bond donors (Lipinski definition) is 0. The summed E-state index contributed by atoms with van der Waals surface area (Å²) in [5.74, 6) is 0. The maximum Gasteiger partial charge on any atom is 1.00 e. The molecule has 0 aliphatic heterocycles. The molecular weight excluding hydrogens is 122 g/mol. The molecule has 0 aromatic heterocycles. The summed E-state index contributed by atoms with van der Waals surface area (Å²) in [6.45, 7) is 0. The second-order valence-corrected chi connectivity index (χ2v) is 1.11. The molecule has 5 heavy (non-hydrogen) atoms. The minimum Gasteiger partial charge on any atom is -1.00 e. The maximum atomic E-state index is 8.98. The van der Waals surface area contributed by atoms with Gasteiger partial charge in [0.2, 0.25) is 0 Å². The molecule has 0 heterocycles. The van der Waals surface area contributed by atoms with Crippen molar-refractivity contribution in [2.75, 3.05) is 0 Å². The second kappa shape index (κ2) is 5.25. The summed E-state index contributed by atoms with van der Waals surface area (Å²) in [6, 6.07) is 0. The van der Waals surface area contributed by atoms with E-state index in [-0.39, 0.29) is 31.0 Å². The van der Waals surface area contributed by atoms with Gasteiger partial charge in [0.05, 0.1) is 0 Å². The molecule has 4 heteroatoms. The number of hydrogen-bond acceptors (Lipinski definition) is 1. The molecule has 0 amide bonds. The van der Waals surface area contributed by atoms with E-state index >= 15 is 0 Å². The van der Waals surface area contributed by atoms with Crippen molar-refractivity contribution < 1.29 is 35.8 Å². The van der Waals surface area contributed by atoms with E-state index in [1.807, 2.05) is 0 Å². The predicted octanol–water partition coefficient (Wildman–Crippen LogP) is -1.30. The Bertz CT molecular complexity index is 36.5. The Morgan fingerprint density at radius 3 is 1.60 bits per heavy atom. The van der Waals surface area contributed by atoms with E-state index in [1.165, 1.54) is 0 Å². The standard InChI is InChI=1S/CCl2O.Na.H/c2-1(3)4;;/q;+1;-1. The van der Waals surface area contributed by atoms with Crippen LogP contribution in [0.25, 0.3) is 0 Å². The number of carbonyl (C=O) groups excluding carboxylic acids is 1. The van der Waals surface area contributed by atoms with Crippen molar-refractivity contribution in [2.45, 2.75) is 0 Å². The molecule has 0 aliphatic rings. The van der Waals surface area contributed by atoms with Crippen LogP contribution in [0, 0.1) is 0 Å². The van der Waals surface area contributed by atoms with E-state index in [4.69, 9.17) is 4.79 Å². The average molecular weight is 123 g/mol. The van der Waals surface area contributed by atoms with Crippen LogP contribution in [0.5, 0.6) is 0 Å². The van der Waals surface area contributed by atoms with Gasteiger partial charge in [-0.2, -0.15) is 0 Å². The third-order valence-electron chi connectivity index (χ3n) is 0. The minimum atomic E-state index is -0.889. The van der Waals surface area contributed by atoms with Gasteiger partial charge in [-0.15, -0.1) is 0 Å². The van der Waals surface area contributed by atoms with Gasteiger partial charge in [-0.05, 0) is 23.2 Å². The Balaban J connectivity index is -0.0000000450. The summed E-state index contributed by atoms with van der Waals surface area (Å²) in [5, 5.41) is 0. The van der Waals surface area contributed by atoms with Crippen molar-refractivity contribution in [3.05, 3.63) is 0 Å². The molecule has 0 aromatic rings. The van der Waals surface area contributed by atoms with Gasteiger partial charge in [-0.25, -0.2) is 0 Å². The van der Waals surface area contributed by atoms with Gasteiger partial charge in [0.1, 0.15) is 0 Å². The van der Waals surface area contributed by atoms with E-state index < -0.39 is 4.70 Å². The largest absolute Gasteiger partial charge is 1.00 e. The fraction of sp³-hybridized carbons (Fsp3) is 0. The molecule has 0 N–H and O–H groups in total. The van der Waals surface area contributed by atoms with Crippen molar-refractivity contribution in [3.8, 4) is 0 Å². The van der Waals surface area contributed by atoms with Crippen molar-refractivity contribution >= 4 is 27.9 Å². The van der Waals surface area contributed by atoms with Gasteiger partial charge in [-0.3, -0.25) is 4.79 Å². The van der Waals surface area contributed by atoms with E-state index in [0.29, 0.717) is 0 Å². The van der Waals surface area contributed by atoms with Crippen molar-refractivity contribution in [1.82, 2.24) is 0 Å². The summed E-state index contributed by atoms with van der Waals surface area (Å²) < 4.78 is -0.889. The van der Waals surface area contributed by atoms with Crippen LogP contribution in [0.2, 0.25) is 0 Å². The Labute approximate surface area is 63.4 Å². The second-order valence-electron chi connectivity index (χ2n) is 0.226. The van der Waals surface area contributed by atoms with Crippen LogP contribution >= 0.6 is 23.2 Å². The van der Waals surface area contributed by atoms with Crippen LogP contribution in [0.3, 0.4) is 0 Å². The zero-order chi connectivity index (χ0) is 3.58. The molecule has 0 radical (unpaired) electrons. The Kier molecular flexibility index (Phi) is 10.0. The Hall–Kier alpha value is 1.25. The van der Waals surface area contributed by atoms with Gasteiger partial charge >= 0.3 is 34.3 Å². The number of carbonyl (C=O) groups is 1. The Morgan fingerprint density at radius 2 is 1.60 bits per heavy atom. The molecule has 0 saturated heterocycles. The van der Waals surface area contributed by atoms with Gasteiger partial charge in [0.25, 0.3) is 0 Å². The zero-order valence-corrected chi connectivity index (χ0v) is 6.18. The monoisotopic (exact) mass is 122 g/mol. The van der Waals surface area contributed by atoms with E-state index in [0.717, 1.165) is 0 Å². The first-order valence-corrected chi connectivity index (χ1v) is 1.34. The molecule has 0 bridgehead atoms. The fourth-order valence-corrected chi connectivity index (χ4v) is 0. The van der Waals surface area contributed by atoms with E-state index in [2.05, 4.69) is 23.2 Å². The van der Waals surface area contributed by atoms with Gasteiger partial charge in [-0.1, -0.05) is 0 Å². The maximum absolute atomic E-state index is 8.98. The zero-order valence-electron chi connectivity index (χ0n) is 3.66. The molecular formula is CHCl2NaO. The summed E-state index contributed by atoms with van der Waals surface area (Å²) in [5.41, 5.74) is 0. The molecule has 0 rings (SSSR count). The van der Waals surface area contributed by atoms with E-state index in [9.17, 15) is 0 Å². The van der Waals surface area contributed by atoms with Crippen LogP contribution in [0.1, 0.15) is 1.43 Å². The molecule has 0 fully saturated rings. The van der Waals surface area contributed by atoms with Crippen LogP contribution in [0.15, 0.2) is 0 Å². The molecule has 0 aliphatic carbocycles. The third-order valence-corrected chi connectivity index (χ3v) is 0. The van der Waals surface area contributed by atoms with Crippen molar-refractivity contribution in [2.24, 2.45) is 0 Å². The molecule has 26 valence electrons. The quantitative estimate of drug-likeness (QED) is 0.289. The normalized spacial score (nSPS) is 5.20. The molecule has 0 unspecified atom stereocenters.